The van der Waals surface area contributed by atoms with Crippen LogP contribution in [0.4, 0.5) is 0 Å². The number of amides is 1. The maximum Gasteiger partial charge on any atom is 0.252 e. The quantitative estimate of drug-likeness (QED) is 0.665. The number of hydrogen-bond acceptors (Lipinski definition) is 4. The molecule has 0 aromatic heterocycles. The molecule has 3 aromatic carbocycles. The third kappa shape index (κ3) is 4.22. The number of nitriles is 1. The van der Waals surface area contributed by atoms with Crippen molar-refractivity contribution in [3.63, 3.8) is 0 Å². The first-order valence-corrected chi connectivity index (χ1v) is 9.20. The summed E-state index contributed by atoms with van der Waals surface area (Å²) in [7, 11) is 3.19. The molecule has 0 heterocycles. The number of hydrogen-bond donors (Lipinski definition) is 1. The molecule has 0 bridgehead atoms. The van der Waals surface area contributed by atoms with E-state index in [9.17, 15) is 10.1 Å². The van der Waals surface area contributed by atoms with Gasteiger partial charge in [-0.25, -0.2) is 0 Å². The molecule has 0 aliphatic rings. The molecule has 0 aliphatic heterocycles. The third-order valence-corrected chi connectivity index (χ3v) is 4.76. The van der Waals surface area contributed by atoms with Crippen molar-refractivity contribution in [2.24, 2.45) is 0 Å². The highest BCUT2D eigenvalue weighted by Crippen LogP contribution is 2.31. The fourth-order valence-electron chi connectivity index (χ4n) is 3.26. The van der Waals surface area contributed by atoms with Gasteiger partial charge in [-0.15, -0.1) is 0 Å². The van der Waals surface area contributed by atoms with Crippen molar-refractivity contribution in [1.82, 2.24) is 5.32 Å². The van der Waals surface area contributed by atoms with E-state index < -0.39 is 0 Å². The van der Waals surface area contributed by atoms with Crippen molar-refractivity contribution in [1.29, 1.82) is 5.26 Å². The SMILES string of the molecule is COc1ccc(OC)c(C(C)NC(=O)c2ccccc2-c2ccccc2C#N)c1. The Morgan fingerprint density at radius 2 is 1.66 bits per heavy atom. The van der Waals surface area contributed by atoms with Gasteiger partial charge in [-0.2, -0.15) is 5.26 Å². The fraction of sp³-hybridized carbons (Fsp3) is 0.167. The molecule has 29 heavy (non-hydrogen) atoms. The molecular weight excluding hydrogens is 364 g/mol. The van der Waals surface area contributed by atoms with Crippen LogP contribution in [0.5, 0.6) is 11.5 Å². The van der Waals surface area contributed by atoms with E-state index in [2.05, 4.69) is 11.4 Å². The molecule has 0 radical (unpaired) electrons. The molecule has 5 heteroatoms. The molecule has 5 nitrogen and oxygen atoms in total. The number of rotatable bonds is 6. The summed E-state index contributed by atoms with van der Waals surface area (Å²) in [6.07, 6.45) is 0. The smallest absolute Gasteiger partial charge is 0.252 e. The highest BCUT2D eigenvalue weighted by Gasteiger charge is 2.19. The molecule has 0 spiro atoms. The average Bonchev–Trinajstić information content (AvgIpc) is 2.78. The summed E-state index contributed by atoms with van der Waals surface area (Å²) in [6.45, 7) is 1.89. The molecule has 146 valence electrons. The van der Waals surface area contributed by atoms with Crippen LogP contribution >= 0.6 is 0 Å². The zero-order chi connectivity index (χ0) is 20.8. The molecule has 3 aromatic rings. The van der Waals surface area contributed by atoms with Gasteiger partial charge in [0.1, 0.15) is 11.5 Å². The summed E-state index contributed by atoms with van der Waals surface area (Å²) in [4.78, 5) is 13.1. The zero-order valence-electron chi connectivity index (χ0n) is 16.6. The first-order valence-electron chi connectivity index (χ1n) is 9.20. The first kappa shape index (κ1) is 20.0. The second-order valence-corrected chi connectivity index (χ2v) is 6.51. The highest BCUT2D eigenvalue weighted by molar-refractivity contribution is 6.01. The number of carbonyl (C=O) groups excluding carboxylic acids is 1. The van der Waals surface area contributed by atoms with Gasteiger partial charge in [0.15, 0.2) is 0 Å². The maximum absolute atomic E-state index is 13.1. The van der Waals surface area contributed by atoms with E-state index in [-0.39, 0.29) is 11.9 Å². The molecule has 0 saturated carbocycles. The van der Waals surface area contributed by atoms with Crippen LogP contribution in [-0.2, 0) is 0 Å². The van der Waals surface area contributed by atoms with Crippen LogP contribution in [0, 0.1) is 11.3 Å². The Labute approximate surface area is 170 Å². The van der Waals surface area contributed by atoms with Gasteiger partial charge in [0.2, 0.25) is 0 Å². The fourth-order valence-corrected chi connectivity index (χ4v) is 3.26. The molecule has 1 N–H and O–H groups in total. The van der Waals surface area contributed by atoms with Gasteiger partial charge >= 0.3 is 0 Å². The van der Waals surface area contributed by atoms with Crippen LogP contribution in [-0.4, -0.2) is 20.1 Å². The Bertz CT molecular complexity index is 1070. The normalized spacial score (nSPS) is 11.2. The van der Waals surface area contributed by atoms with E-state index in [1.54, 1.807) is 26.4 Å². The van der Waals surface area contributed by atoms with Gasteiger partial charge in [-0.3, -0.25) is 4.79 Å². The Morgan fingerprint density at radius 3 is 2.34 bits per heavy atom. The monoisotopic (exact) mass is 386 g/mol. The predicted octanol–water partition coefficient (Wildman–Crippen LogP) is 4.73. The van der Waals surface area contributed by atoms with E-state index in [0.29, 0.717) is 28.2 Å². The number of ether oxygens (including phenoxy) is 2. The number of nitrogens with zero attached hydrogens (tertiary/aromatic N) is 1. The van der Waals surface area contributed by atoms with Gasteiger partial charge in [-0.05, 0) is 42.8 Å². The van der Waals surface area contributed by atoms with Crippen molar-refractivity contribution in [3.8, 4) is 28.7 Å². The van der Waals surface area contributed by atoms with Crippen molar-refractivity contribution >= 4 is 5.91 Å². The standard InChI is InChI=1S/C24H22N2O3/c1-16(22-14-18(28-2)12-13-23(22)29-3)26-24(27)21-11-7-6-10-20(21)19-9-5-4-8-17(19)15-25/h4-14,16H,1-3H3,(H,26,27). The highest BCUT2D eigenvalue weighted by atomic mass is 16.5. The average molecular weight is 386 g/mol. The number of nitrogens with one attached hydrogen (secondary N) is 1. The molecular formula is C24H22N2O3. The van der Waals surface area contributed by atoms with Gasteiger partial charge in [0, 0.05) is 16.7 Å². The Hall–Kier alpha value is -3.78. The maximum atomic E-state index is 13.1. The Kier molecular flexibility index (Phi) is 6.16. The number of carbonyl (C=O) groups is 1. The minimum atomic E-state index is -0.313. The lowest BCUT2D eigenvalue weighted by atomic mass is 9.95. The second kappa shape index (κ2) is 8.94. The Morgan fingerprint density at radius 1 is 0.966 bits per heavy atom. The van der Waals surface area contributed by atoms with E-state index in [0.717, 1.165) is 11.1 Å². The molecule has 1 unspecified atom stereocenters. The third-order valence-electron chi connectivity index (χ3n) is 4.76. The van der Waals surface area contributed by atoms with Crippen LogP contribution in [0.25, 0.3) is 11.1 Å². The number of methoxy groups -OCH3 is 2. The van der Waals surface area contributed by atoms with Crippen LogP contribution in [0.3, 0.4) is 0 Å². The van der Waals surface area contributed by atoms with E-state index in [1.165, 1.54) is 0 Å². The zero-order valence-corrected chi connectivity index (χ0v) is 16.6. The van der Waals surface area contributed by atoms with Crippen LogP contribution in [0.15, 0.2) is 66.7 Å². The summed E-state index contributed by atoms with van der Waals surface area (Å²) in [5.74, 6) is 1.12. The summed E-state index contributed by atoms with van der Waals surface area (Å²) >= 11 is 0. The van der Waals surface area contributed by atoms with Crippen molar-refractivity contribution in [2.75, 3.05) is 14.2 Å². The predicted molar refractivity (Wildman–Crippen MR) is 112 cm³/mol. The van der Waals surface area contributed by atoms with Crippen molar-refractivity contribution < 1.29 is 14.3 Å². The van der Waals surface area contributed by atoms with Crippen LogP contribution < -0.4 is 14.8 Å². The summed E-state index contributed by atoms with van der Waals surface area (Å²) < 4.78 is 10.7. The molecule has 0 fully saturated rings. The molecule has 0 aliphatic carbocycles. The lowest BCUT2D eigenvalue weighted by Crippen LogP contribution is -2.27. The van der Waals surface area contributed by atoms with Crippen LogP contribution in [0.1, 0.15) is 34.5 Å². The van der Waals surface area contributed by atoms with E-state index in [4.69, 9.17) is 9.47 Å². The number of benzene rings is 3. The van der Waals surface area contributed by atoms with Crippen molar-refractivity contribution in [2.45, 2.75) is 13.0 Å². The topological polar surface area (TPSA) is 71.3 Å². The first-order chi connectivity index (χ1) is 14.1. The molecule has 0 saturated heterocycles. The van der Waals surface area contributed by atoms with Gasteiger partial charge < -0.3 is 14.8 Å². The Balaban J connectivity index is 1.94. The summed E-state index contributed by atoms with van der Waals surface area (Å²) in [5, 5.41) is 12.5. The van der Waals surface area contributed by atoms with Gasteiger partial charge in [0.25, 0.3) is 5.91 Å². The lowest BCUT2D eigenvalue weighted by Gasteiger charge is -2.19. The van der Waals surface area contributed by atoms with E-state index >= 15 is 0 Å². The summed E-state index contributed by atoms with van der Waals surface area (Å²) in [5.41, 5.74) is 3.29. The van der Waals surface area contributed by atoms with Gasteiger partial charge in [-0.1, -0.05) is 36.4 Å². The molecule has 1 atom stereocenters. The van der Waals surface area contributed by atoms with Gasteiger partial charge in [0.05, 0.1) is 31.9 Å². The largest absolute Gasteiger partial charge is 0.497 e. The van der Waals surface area contributed by atoms with Crippen LogP contribution in [0.2, 0.25) is 0 Å². The molecule has 1 amide bonds. The molecule has 3 rings (SSSR count). The minimum absolute atomic E-state index is 0.231. The lowest BCUT2D eigenvalue weighted by molar-refractivity contribution is 0.0940. The second-order valence-electron chi connectivity index (χ2n) is 6.51. The summed E-state index contributed by atoms with van der Waals surface area (Å²) in [6, 6.07) is 21.9. The minimum Gasteiger partial charge on any atom is -0.497 e. The van der Waals surface area contributed by atoms with E-state index in [1.807, 2.05) is 61.5 Å². The van der Waals surface area contributed by atoms with Crippen molar-refractivity contribution in [3.05, 3.63) is 83.4 Å².